The molecule has 5 unspecified atom stereocenters. The first kappa shape index (κ1) is 21.2. The van der Waals surface area contributed by atoms with Gasteiger partial charge in [0, 0.05) is 36.8 Å². The van der Waals surface area contributed by atoms with Crippen molar-refractivity contribution in [3.8, 4) is 0 Å². The maximum absolute atomic E-state index is 13.0. The van der Waals surface area contributed by atoms with E-state index in [9.17, 15) is 24.5 Å². The van der Waals surface area contributed by atoms with E-state index in [1.807, 2.05) is 0 Å². The number of nitrogens with one attached hydrogen (secondary N) is 4. The van der Waals surface area contributed by atoms with Crippen LogP contribution < -0.4 is 21.3 Å². The number of nitro groups is 1. The molecule has 4 N–H and O–H groups in total. The van der Waals surface area contributed by atoms with Gasteiger partial charge in [0.25, 0.3) is 5.69 Å². The average Bonchev–Trinajstić information content (AvgIpc) is 2.73. The highest BCUT2D eigenvalue weighted by Gasteiger charge is 2.49. The van der Waals surface area contributed by atoms with Gasteiger partial charge >= 0.3 is 0 Å². The predicted molar refractivity (Wildman–Crippen MR) is 110 cm³/mol. The van der Waals surface area contributed by atoms with Gasteiger partial charge in [0.15, 0.2) is 0 Å². The number of rotatable bonds is 4. The standard InChI is InChI=1S/C20H26N6O5/c1-11-4-2-3-9-25(11)20-23-17-16(19(29)24-20)14(10-15(27)22-17)18(28)21-12-5-7-13(8-6-12)26(30)31/h5-8,11,14,16-17,20,23H,2-4,9-10H2,1H3,(H,21,28)(H,22,27)(H,24,29). The first-order chi connectivity index (χ1) is 14.8. The summed E-state index contributed by atoms with van der Waals surface area (Å²) in [6.07, 6.45) is 2.06. The number of amides is 3. The Hall–Kier alpha value is -3.05. The third-order valence-electron chi connectivity index (χ3n) is 6.30. The van der Waals surface area contributed by atoms with E-state index in [4.69, 9.17) is 0 Å². The molecule has 0 saturated carbocycles. The van der Waals surface area contributed by atoms with Crippen molar-refractivity contribution in [1.29, 1.82) is 0 Å². The molecule has 0 spiro atoms. The molecule has 4 rings (SSSR count). The molecule has 11 nitrogen and oxygen atoms in total. The van der Waals surface area contributed by atoms with Crippen LogP contribution in [0.4, 0.5) is 11.4 Å². The van der Waals surface area contributed by atoms with Crippen LogP contribution in [0, 0.1) is 22.0 Å². The van der Waals surface area contributed by atoms with Crippen LogP contribution in [0.15, 0.2) is 24.3 Å². The van der Waals surface area contributed by atoms with Crippen LogP contribution in [0.2, 0.25) is 0 Å². The molecule has 0 aliphatic carbocycles. The van der Waals surface area contributed by atoms with Gasteiger partial charge in [-0.15, -0.1) is 0 Å². The molecule has 3 saturated heterocycles. The van der Waals surface area contributed by atoms with Gasteiger partial charge in [-0.2, -0.15) is 0 Å². The second kappa shape index (κ2) is 8.60. The third kappa shape index (κ3) is 4.37. The fourth-order valence-electron chi connectivity index (χ4n) is 4.64. The molecule has 0 radical (unpaired) electrons. The smallest absolute Gasteiger partial charge is 0.269 e. The summed E-state index contributed by atoms with van der Waals surface area (Å²) in [5, 5.41) is 22.5. The van der Waals surface area contributed by atoms with Crippen molar-refractivity contribution in [2.24, 2.45) is 11.8 Å². The Bertz CT molecular complexity index is 891. The highest BCUT2D eigenvalue weighted by molar-refractivity contribution is 6.00. The molecule has 31 heavy (non-hydrogen) atoms. The molecule has 11 heteroatoms. The molecule has 3 aliphatic heterocycles. The number of non-ortho nitro benzene ring substituents is 1. The summed E-state index contributed by atoms with van der Waals surface area (Å²) in [6.45, 7) is 2.95. The lowest BCUT2D eigenvalue weighted by atomic mass is 9.81. The summed E-state index contributed by atoms with van der Waals surface area (Å²) in [5.41, 5.74) is 0.270. The number of hydrogen-bond acceptors (Lipinski definition) is 7. The maximum Gasteiger partial charge on any atom is 0.269 e. The fraction of sp³-hybridized carbons (Fsp3) is 0.550. The van der Waals surface area contributed by atoms with Crippen molar-refractivity contribution in [3.05, 3.63) is 34.4 Å². The Kier molecular flexibility index (Phi) is 5.88. The van der Waals surface area contributed by atoms with Crippen LogP contribution in [0.3, 0.4) is 0 Å². The summed E-state index contributed by atoms with van der Waals surface area (Å²) >= 11 is 0. The number of piperidine rings is 2. The summed E-state index contributed by atoms with van der Waals surface area (Å²) < 4.78 is 0. The number of hydrogen-bond donors (Lipinski definition) is 4. The maximum atomic E-state index is 13.0. The number of carbonyl (C=O) groups excluding carboxylic acids is 3. The molecule has 5 atom stereocenters. The zero-order chi connectivity index (χ0) is 22.1. The van der Waals surface area contributed by atoms with Crippen molar-refractivity contribution < 1.29 is 19.3 Å². The van der Waals surface area contributed by atoms with E-state index in [0.717, 1.165) is 25.8 Å². The molecule has 3 heterocycles. The summed E-state index contributed by atoms with van der Waals surface area (Å²) in [6, 6.07) is 5.70. The molecular weight excluding hydrogens is 404 g/mol. The van der Waals surface area contributed by atoms with E-state index in [1.54, 1.807) is 0 Å². The van der Waals surface area contributed by atoms with Crippen LogP contribution in [-0.4, -0.2) is 52.6 Å². The largest absolute Gasteiger partial charge is 0.340 e. The van der Waals surface area contributed by atoms with Crippen molar-refractivity contribution in [2.75, 3.05) is 11.9 Å². The van der Waals surface area contributed by atoms with Gasteiger partial charge in [-0.1, -0.05) is 6.42 Å². The lowest BCUT2D eigenvalue weighted by Crippen LogP contribution is -2.75. The van der Waals surface area contributed by atoms with E-state index >= 15 is 0 Å². The Morgan fingerprint density at radius 3 is 2.61 bits per heavy atom. The van der Waals surface area contributed by atoms with Crippen molar-refractivity contribution >= 4 is 29.1 Å². The van der Waals surface area contributed by atoms with Gasteiger partial charge in [-0.25, -0.2) is 0 Å². The molecule has 3 fully saturated rings. The Morgan fingerprint density at radius 2 is 1.94 bits per heavy atom. The molecule has 0 bridgehead atoms. The predicted octanol–water partition coefficient (Wildman–Crippen LogP) is 0.489. The van der Waals surface area contributed by atoms with E-state index < -0.39 is 35.1 Å². The molecule has 166 valence electrons. The average molecular weight is 430 g/mol. The number of carbonyl (C=O) groups is 3. The van der Waals surface area contributed by atoms with Gasteiger partial charge in [0.1, 0.15) is 6.29 Å². The molecular formula is C20H26N6O5. The Balaban J connectivity index is 1.48. The monoisotopic (exact) mass is 430 g/mol. The van der Waals surface area contributed by atoms with E-state index in [1.165, 1.54) is 24.3 Å². The number of nitro benzene ring substituents is 1. The molecule has 1 aromatic rings. The first-order valence-corrected chi connectivity index (χ1v) is 10.5. The summed E-state index contributed by atoms with van der Waals surface area (Å²) in [5.74, 6) is -2.68. The molecule has 3 amide bonds. The minimum absolute atomic E-state index is 0.0936. The van der Waals surface area contributed by atoms with Crippen LogP contribution in [0.1, 0.15) is 32.6 Å². The van der Waals surface area contributed by atoms with Crippen LogP contribution in [0.25, 0.3) is 0 Å². The highest BCUT2D eigenvalue weighted by atomic mass is 16.6. The van der Waals surface area contributed by atoms with Gasteiger partial charge in [0.05, 0.1) is 22.9 Å². The second-order valence-corrected chi connectivity index (χ2v) is 8.34. The minimum Gasteiger partial charge on any atom is -0.340 e. The lowest BCUT2D eigenvalue weighted by molar-refractivity contribution is -0.384. The Morgan fingerprint density at radius 1 is 1.19 bits per heavy atom. The number of likely N-dealkylation sites (tertiary alicyclic amines) is 1. The number of fused-ring (bicyclic) bond motifs is 1. The molecule has 3 aliphatic rings. The highest BCUT2D eigenvalue weighted by Crippen LogP contribution is 2.29. The minimum atomic E-state index is -0.860. The number of benzene rings is 1. The topological polar surface area (TPSA) is 146 Å². The normalized spacial score (nSPS) is 31.2. The van der Waals surface area contributed by atoms with E-state index in [-0.39, 0.29) is 23.9 Å². The van der Waals surface area contributed by atoms with Crippen LogP contribution in [-0.2, 0) is 14.4 Å². The third-order valence-corrected chi connectivity index (χ3v) is 6.30. The van der Waals surface area contributed by atoms with Gasteiger partial charge < -0.3 is 16.0 Å². The second-order valence-electron chi connectivity index (χ2n) is 8.34. The zero-order valence-corrected chi connectivity index (χ0v) is 17.2. The van der Waals surface area contributed by atoms with E-state index in [2.05, 4.69) is 33.1 Å². The molecule has 0 aromatic heterocycles. The number of anilines is 1. The van der Waals surface area contributed by atoms with Gasteiger partial charge in [-0.05, 0) is 31.9 Å². The van der Waals surface area contributed by atoms with Gasteiger partial charge in [-0.3, -0.25) is 34.7 Å². The quantitative estimate of drug-likeness (QED) is 0.402. The van der Waals surface area contributed by atoms with Crippen molar-refractivity contribution in [2.45, 2.75) is 51.1 Å². The van der Waals surface area contributed by atoms with E-state index in [0.29, 0.717) is 11.7 Å². The first-order valence-electron chi connectivity index (χ1n) is 10.5. The van der Waals surface area contributed by atoms with Crippen molar-refractivity contribution in [1.82, 2.24) is 20.9 Å². The Labute approximate surface area is 179 Å². The SMILES string of the molecule is CC1CCCCN1C1NC(=O)C2C(NC(=O)CC2C(=O)Nc2ccc([N+](=O)[O-])cc2)N1. The lowest BCUT2D eigenvalue weighted by Gasteiger charge is -2.48. The van der Waals surface area contributed by atoms with Crippen molar-refractivity contribution in [3.63, 3.8) is 0 Å². The number of nitrogens with zero attached hydrogens (tertiary/aromatic N) is 2. The zero-order valence-electron chi connectivity index (χ0n) is 17.2. The summed E-state index contributed by atoms with van der Waals surface area (Å²) in [7, 11) is 0. The molecule has 1 aromatic carbocycles. The van der Waals surface area contributed by atoms with Crippen LogP contribution >= 0.6 is 0 Å². The van der Waals surface area contributed by atoms with Gasteiger partial charge in [0.2, 0.25) is 17.7 Å². The van der Waals surface area contributed by atoms with Crippen LogP contribution in [0.5, 0.6) is 0 Å². The fourth-order valence-corrected chi connectivity index (χ4v) is 4.64. The summed E-state index contributed by atoms with van der Waals surface area (Å²) in [4.78, 5) is 50.7.